The van der Waals surface area contributed by atoms with Crippen LogP contribution in [0.25, 0.3) is 0 Å². The van der Waals surface area contributed by atoms with Gasteiger partial charge < -0.3 is 19.9 Å². The van der Waals surface area contributed by atoms with E-state index in [1.54, 1.807) is 12.2 Å². The van der Waals surface area contributed by atoms with Crippen molar-refractivity contribution < 1.29 is 24.2 Å². The SMILES string of the molecule is COC(=O)[C@H]1C[C@@H](O)C=C[C@H]1NC(=O)OCc1ccccc1. The lowest BCUT2D eigenvalue weighted by Crippen LogP contribution is -2.45. The van der Waals surface area contributed by atoms with E-state index in [-0.39, 0.29) is 13.0 Å². The molecular weight excluding hydrogens is 286 g/mol. The van der Waals surface area contributed by atoms with Gasteiger partial charge in [0, 0.05) is 0 Å². The van der Waals surface area contributed by atoms with Crippen molar-refractivity contribution in [2.45, 2.75) is 25.2 Å². The first kappa shape index (κ1) is 16.0. The maximum atomic E-state index is 11.8. The number of nitrogens with one attached hydrogen (secondary N) is 1. The number of esters is 1. The minimum absolute atomic E-state index is 0.147. The van der Waals surface area contributed by atoms with Crippen LogP contribution in [0.3, 0.4) is 0 Å². The third kappa shape index (κ3) is 4.33. The van der Waals surface area contributed by atoms with Gasteiger partial charge in [-0.05, 0) is 12.0 Å². The van der Waals surface area contributed by atoms with Crippen LogP contribution in [0.4, 0.5) is 4.79 Å². The monoisotopic (exact) mass is 305 g/mol. The second kappa shape index (κ2) is 7.61. The minimum Gasteiger partial charge on any atom is -0.469 e. The smallest absolute Gasteiger partial charge is 0.407 e. The summed E-state index contributed by atoms with van der Waals surface area (Å²) in [6, 6.07) is 8.73. The predicted octanol–water partition coefficient (Wildman–Crippen LogP) is 1.39. The molecule has 1 aromatic rings. The normalized spacial score (nSPS) is 23.6. The molecule has 1 aliphatic carbocycles. The molecule has 0 fully saturated rings. The summed E-state index contributed by atoms with van der Waals surface area (Å²) < 4.78 is 9.82. The molecule has 2 rings (SSSR count). The van der Waals surface area contributed by atoms with Crippen molar-refractivity contribution in [1.82, 2.24) is 5.32 Å². The van der Waals surface area contributed by atoms with E-state index < -0.39 is 30.1 Å². The van der Waals surface area contributed by atoms with Crippen LogP contribution in [-0.2, 0) is 20.9 Å². The minimum atomic E-state index is -0.720. The highest BCUT2D eigenvalue weighted by molar-refractivity contribution is 5.76. The Morgan fingerprint density at radius 3 is 2.68 bits per heavy atom. The summed E-state index contributed by atoms with van der Waals surface area (Å²) in [7, 11) is 1.28. The molecule has 22 heavy (non-hydrogen) atoms. The maximum absolute atomic E-state index is 11.8. The van der Waals surface area contributed by atoms with Gasteiger partial charge in [-0.3, -0.25) is 4.79 Å². The van der Waals surface area contributed by atoms with E-state index in [1.807, 2.05) is 30.3 Å². The van der Waals surface area contributed by atoms with E-state index in [0.717, 1.165) is 5.56 Å². The lowest BCUT2D eigenvalue weighted by atomic mass is 9.88. The number of carbonyl (C=O) groups excluding carboxylic acids is 2. The molecule has 2 N–H and O–H groups in total. The largest absolute Gasteiger partial charge is 0.469 e. The number of ether oxygens (including phenoxy) is 2. The van der Waals surface area contributed by atoms with Crippen LogP contribution < -0.4 is 5.32 Å². The van der Waals surface area contributed by atoms with Crippen molar-refractivity contribution in [3.8, 4) is 0 Å². The molecule has 118 valence electrons. The summed E-state index contributed by atoms with van der Waals surface area (Å²) in [6.07, 6.45) is 1.99. The number of benzene rings is 1. The highest BCUT2D eigenvalue weighted by atomic mass is 16.5. The van der Waals surface area contributed by atoms with Gasteiger partial charge in [0.05, 0.1) is 25.2 Å². The van der Waals surface area contributed by atoms with Gasteiger partial charge in [-0.2, -0.15) is 0 Å². The van der Waals surface area contributed by atoms with Gasteiger partial charge in [0.15, 0.2) is 0 Å². The first-order valence-corrected chi connectivity index (χ1v) is 7.01. The van der Waals surface area contributed by atoms with Crippen LogP contribution in [0.1, 0.15) is 12.0 Å². The molecular formula is C16H19NO5. The fraction of sp³-hybridized carbons (Fsp3) is 0.375. The third-order valence-corrected chi connectivity index (χ3v) is 3.47. The van der Waals surface area contributed by atoms with Crippen molar-refractivity contribution in [2.75, 3.05) is 7.11 Å². The Labute approximate surface area is 128 Å². The number of carbonyl (C=O) groups is 2. The molecule has 0 unspecified atom stereocenters. The van der Waals surface area contributed by atoms with E-state index in [1.165, 1.54) is 7.11 Å². The molecule has 0 heterocycles. The number of methoxy groups -OCH3 is 1. The zero-order chi connectivity index (χ0) is 15.9. The number of aliphatic hydroxyl groups excluding tert-OH is 1. The Bertz CT molecular complexity index is 543. The molecule has 6 nitrogen and oxygen atoms in total. The highest BCUT2D eigenvalue weighted by Crippen LogP contribution is 2.21. The number of hydrogen-bond acceptors (Lipinski definition) is 5. The molecule has 6 heteroatoms. The molecule has 1 amide bonds. The third-order valence-electron chi connectivity index (χ3n) is 3.47. The van der Waals surface area contributed by atoms with Crippen LogP contribution in [-0.4, -0.2) is 36.4 Å². The van der Waals surface area contributed by atoms with Crippen molar-refractivity contribution in [3.05, 3.63) is 48.0 Å². The fourth-order valence-corrected chi connectivity index (χ4v) is 2.31. The van der Waals surface area contributed by atoms with Crippen molar-refractivity contribution in [3.63, 3.8) is 0 Å². The Morgan fingerprint density at radius 1 is 1.27 bits per heavy atom. The molecule has 0 spiro atoms. The van der Waals surface area contributed by atoms with Crippen molar-refractivity contribution >= 4 is 12.1 Å². The molecule has 0 radical (unpaired) electrons. The van der Waals surface area contributed by atoms with Gasteiger partial charge in [0.1, 0.15) is 6.61 Å². The lowest BCUT2D eigenvalue weighted by Gasteiger charge is -2.28. The second-order valence-corrected chi connectivity index (χ2v) is 5.05. The topological polar surface area (TPSA) is 84.9 Å². The van der Waals surface area contributed by atoms with Gasteiger partial charge >= 0.3 is 12.1 Å². The van der Waals surface area contributed by atoms with Crippen LogP contribution in [0, 0.1) is 5.92 Å². The van der Waals surface area contributed by atoms with Crippen molar-refractivity contribution in [1.29, 1.82) is 0 Å². The fourth-order valence-electron chi connectivity index (χ4n) is 2.31. The molecule has 3 atom stereocenters. The van der Waals surface area contributed by atoms with E-state index in [4.69, 9.17) is 9.47 Å². The van der Waals surface area contributed by atoms with Gasteiger partial charge in [-0.1, -0.05) is 42.5 Å². The molecule has 0 bridgehead atoms. The number of hydrogen-bond donors (Lipinski definition) is 2. The molecule has 0 saturated carbocycles. The summed E-state index contributed by atoms with van der Waals surface area (Å²) in [6.45, 7) is 0.147. The number of rotatable bonds is 4. The van der Waals surface area contributed by atoms with Gasteiger partial charge in [0.2, 0.25) is 0 Å². The highest BCUT2D eigenvalue weighted by Gasteiger charge is 2.33. The molecule has 1 aromatic carbocycles. The Kier molecular flexibility index (Phi) is 5.55. The summed E-state index contributed by atoms with van der Waals surface area (Å²) >= 11 is 0. The van der Waals surface area contributed by atoms with Crippen LogP contribution in [0.2, 0.25) is 0 Å². The van der Waals surface area contributed by atoms with Gasteiger partial charge in [0.25, 0.3) is 0 Å². The second-order valence-electron chi connectivity index (χ2n) is 5.05. The first-order valence-electron chi connectivity index (χ1n) is 7.01. The zero-order valence-corrected chi connectivity index (χ0v) is 12.3. The average Bonchev–Trinajstić information content (AvgIpc) is 2.55. The summed E-state index contributed by atoms with van der Waals surface area (Å²) in [5.74, 6) is -1.11. The first-order chi connectivity index (χ1) is 10.6. The number of aliphatic hydroxyl groups is 1. The average molecular weight is 305 g/mol. The van der Waals surface area contributed by atoms with Gasteiger partial charge in [-0.15, -0.1) is 0 Å². The van der Waals surface area contributed by atoms with E-state index in [9.17, 15) is 14.7 Å². The van der Waals surface area contributed by atoms with Crippen LogP contribution >= 0.6 is 0 Å². The van der Waals surface area contributed by atoms with Crippen LogP contribution in [0.5, 0.6) is 0 Å². The van der Waals surface area contributed by atoms with E-state index in [2.05, 4.69) is 5.32 Å². The molecule has 0 aliphatic heterocycles. The lowest BCUT2D eigenvalue weighted by molar-refractivity contribution is -0.147. The Morgan fingerprint density at radius 2 is 2.00 bits per heavy atom. The summed E-state index contributed by atoms with van der Waals surface area (Å²) in [4.78, 5) is 23.6. The predicted molar refractivity (Wildman–Crippen MR) is 78.8 cm³/mol. The Balaban J connectivity index is 1.91. The summed E-state index contributed by atoms with van der Waals surface area (Å²) in [5.41, 5.74) is 0.872. The van der Waals surface area contributed by atoms with E-state index >= 15 is 0 Å². The quantitative estimate of drug-likeness (QED) is 0.648. The van der Waals surface area contributed by atoms with E-state index in [0.29, 0.717) is 0 Å². The number of alkyl carbamates (subject to hydrolysis) is 1. The maximum Gasteiger partial charge on any atom is 0.407 e. The van der Waals surface area contributed by atoms with Crippen molar-refractivity contribution in [2.24, 2.45) is 5.92 Å². The van der Waals surface area contributed by atoms with Gasteiger partial charge in [-0.25, -0.2) is 4.79 Å². The molecule has 1 aliphatic rings. The van der Waals surface area contributed by atoms with Crippen LogP contribution in [0.15, 0.2) is 42.5 Å². The molecule has 0 saturated heterocycles. The Hall–Kier alpha value is -2.34. The molecule has 0 aromatic heterocycles. The standard InChI is InChI=1S/C16H19NO5/c1-21-15(19)13-9-12(18)7-8-14(13)17-16(20)22-10-11-5-3-2-4-6-11/h2-8,12-14,18H,9-10H2,1H3,(H,17,20)/t12-,13-,14+/m0/s1. The zero-order valence-electron chi connectivity index (χ0n) is 12.3. The summed E-state index contributed by atoms with van der Waals surface area (Å²) in [5, 5.41) is 12.2. The number of amides is 1.